The van der Waals surface area contributed by atoms with E-state index in [9.17, 15) is 4.79 Å². The summed E-state index contributed by atoms with van der Waals surface area (Å²) in [5.41, 5.74) is 2.07. The maximum atomic E-state index is 11.9. The Bertz CT molecular complexity index is 583. The first-order valence-corrected chi connectivity index (χ1v) is 7.81. The fourth-order valence-corrected chi connectivity index (χ4v) is 2.57. The molecule has 0 aliphatic carbocycles. The zero-order valence-corrected chi connectivity index (χ0v) is 12.8. The van der Waals surface area contributed by atoms with E-state index in [1.54, 1.807) is 0 Å². The average Bonchev–Trinajstić information content (AvgIpc) is 2.47. The maximum Gasteiger partial charge on any atom is 0.234 e. The van der Waals surface area contributed by atoms with E-state index in [-0.39, 0.29) is 5.91 Å². The SMILES string of the molecule is CCc1cccc(NC(=O)CSc2ccc(Cl)cc2)c1. The van der Waals surface area contributed by atoms with Crippen LogP contribution in [-0.4, -0.2) is 11.7 Å². The molecule has 0 aliphatic rings. The fourth-order valence-electron chi connectivity index (χ4n) is 1.75. The fraction of sp³-hybridized carbons (Fsp3) is 0.188. The number of nitrogens with one attached hydrogen (secondary N) is 1. The Labute approximate surface area is 128 Å². The summed E-state index contributed by atoms with van der Waals surface area (Å²) < 4.78 is 0. The van der Waals surface area contributed by atoms with Crippen LogP contribution in [0, 0.1) is 0 Å². The summed E-state index contributed by atoms with van der Waals surface area (Å²) in [5, 5.41) is 3.62. The molecule has 0 saturated heterocycles. The Kier molecular flexibility index (Phi) is 5.50. The second kappa shape index (κ2) is 7.36. The van der Waals surface area contributed by atoms with Gasteiger partial charge < -0.3 is 5.32 Å². The van der Waals surface area contributed by atoms with Gasteiger partial charge in [0.15, 0.2) is 0 Å². The number of amides is 1. The number of anilines is 1. The van der Waals surface area contributed by atoms with E-state index in [4.69, 9.17) is 11.6 Å². The molecule has 2 aromatic rings. The van der Waals surface area contributed by atoms with Gasteiger partial charge in [-0.05, 0) is 48.4 Å². The molecule has 0 radical (unpaired) electrons. The molecule has 0 bridgehead atoms. The lowest BCUT2D eigenvalue weighted by atomic mass is 10.1. The van der Waals surface area contributed by atoms with Crippen molar-refractivity contribution in [1.82, 2.24) is 0 Å². The third kappa shape index (κ3) is 4.58. The molecule has 2 rings (SSSR count). The van der Waals surface area contributed by atoms with Gasteiger partial charge in [-0.25, -0.2) is 0 Å². The Morgan fingerprint density at radius 2 is 1.95 bits per heavy atom. The highest BCUT2D eigenvalue weighted by atomic mass is 35.5. The molecule has 0 spiro atoms. The highest BCUT2D eigenvalue weighted by Crippen LogP contribution is 2.20. The van der Waals surface area contributed by atoms with Crippen LogP contribution in [0.4, 0.5) is 5.69 Å². The number of benzene rings is 2. The molecule has 2 aromatic carbocycles. The van der Waals surface area contributed by atoms with Crippen LogP contribution in [0.1, 0.15) is 12.5 Å². The van der Waals surface area contributed by atoms with Gasteiger partial charge in [-0.15, -0.1) is 11.8 Å². The third-order valence-electron chi connectivity index (χ3n) is 2.80. The molecule has 0 heterocycles. The smallest absolute Gasteiger partial charge is 0.234 e. The minimum Gasteiger partial charge on any atom is -0.325 e. The second-order valence-corrected chi connectivity index (χ2v) is 5.83. The van der Waals surface area contributed by atoms with E-state index in [0.29, 0.717) is 10.8 Å². The van der Waals surface area contributed by atoms with E-state index in [1.165, 1.54) is 17.3 Å². The topological polar surface area (TPSA) is 29.1 Å². The van der Waals surface area contributed by atoms with Crippen LogP contribution in [0.3, 0.4) is 0 Å². The number of carbonyl (C=O) groups is 1. The largest absolute Gasteiger partial charge is 0.325 e. The summed E-state index contributed by atoms with van der Waals surface area (Å²) in [7, 11) is 0. The van der Waals surface area contributed by atoms with Crippen molar-refractivity contribution < 1.29 is 4.79 Å². The van der Waals surface area contributed by atoms with Gasteiger partial charge in [0.25, 0.3) is 0 Å². The van der Waals surface area contributed by atoms with Gasteiger partial charge in [-0.2, -0.15) is 0 Å². The predicted molar refractivity (Wildman–Crippen MR) is 86.6 cm³/mol. The molecule has 2 nitrogen and oxygen atoms in total. The molecule has 0 fully saturated rings. The Morgan fingerprint density at radius 3 is 2.65 bits per heavy atom. The summed E-state index contributed by atoms with van der Waals surface area (Å²) in [4.78, 5) is 12.9. The minimum absolute atomic E-state index is 0.00166. The van der Waals surface area contributed by atoms with Crippen LogP contribution in [0.15, 0.2) is 53.4 Å². The van der Waals surface area contributed by atoms with Crippen LogP contribution in [0.25, 0.3) is 0 Å². The first-order chi connectivity index (χ1) is 9.67. The molecule has 0 atom stereocenters. The van der Waals surface area contributed by atoms with Crippen molar-refractivity contribution in [3.63, 3.8) is 0 Å². The van der Waals surface area contributed by atoms with E-state index in [0.717, 1.165) is 17.0 Å². The molecular weight excluding hydrogens is 290 g/mol. The molecule has 0 unspecified atom stereocenters. The highest BCUT2D eigenvalue weighted by Gasteiger charge is 2.04. The minimum atomic E-state index is -0.00166. The van der Waals surface area contributed by atoms with Crippen molar-refractivity contribution in [2.45, 2.75) is 18.2 Å². The van der Waals surface area contributed by atoms with E-state index < -0.39 is 0 Å². The van der Waals surface area contributed by atoms with Gasteiger partial charge in [0.1, 0.15) is 0 Å². The highest BCUT2D eigenvalue weighted by molar-refractivity contribution is 8.00. The predicted octanol–water partition coefficient (Wildman–Crippen LogP) is 4.63. The average molecular weight is 306 g/mol. The van der Waals surface area contributed by atoms with Crippen LogP contribution in [-0.2, 0) is 11.2 Å². The Morgan fingerprint density at radius 1 is 1.20 bits per heavy atom. The Hall–Kier alpha value is -1.45. The molecule has 1 N–H and O–H groups in total. The summed E-state index contributed by atoms with van der Waals surface area (Å²) >= 11 is 7.32. The van der Waals surface area contributed by atoms with Crippen molar-refractivity contribution in [1.29, 1.82) is 0 Å². The lowest BCUT2D eigenvalue weighted by Crippen LogP contribution is -2.14. The molecule has 20 heavy (non-hydrogen) atoms. The van der Waals surface area contributed by atoms with Crippen LogP contribution in [0.2, 0.25) is 5.02 Å². The monoisotopic (exact) mass is 305 g/mol. The van der Waals surface area contributed by atoms with Gasteiger partial charge in [0.2, 0.25) is 5.91 Å². The molecule has 0 aromatic heterocycles. The normalized spacial score (nSPS) is 10.3. The first-order valence-electron chi connectivity index (χ1n) is 6.44. The molecule has 104 valence electrons. The van der Waals surface area contributed by atoms with Crippen molar-refractivity contribution in [3.05, 3.63) is 59.1 Å². The third-order valence-corrected chi connectivity index (χ3v) is 4.07. The zero-order valence-electron chi connectivity index (χ0n) is 11.2. The number of rotatable bonds is 5. The number of hydrogen-bond donors (Lipinski definition) is 1. The van der Waals surface area contributed by atoms with Crippen molar-refractivity contribution in [3.8, 4) is 0 Å². The van der Waals surface area contributed by atoms with Crippen LogP contribution < -0.4 is 5.32 Å². The first kappa shape index (κ1) is 14.9. The van der Waals surface area contributed by atoms with Gasteiger partial charge >= 0.3 is 0 Å². The van der Waals surface area contributed by atoms with Crippen molar-refractivity contribution >= 4 is 35.0 Å². The summed E-state index contributed by atoms with van der Waals surface area (Å²) in [6.07, 6.45) is 0.962. The zero-order chi connectivity index (χ0) is 14.4. The van der Waals surface area contributed by atoms with Gasteiger partial charge in [0.05, 0.1) is 5.75 Å². The second-order valence-electron chi connectivity index (χ2n) is 4.34. The standard InChI is InChI=1S/C16H16ClNOS/c1-2-12-4-3-5-14(10-12)18-16(19)11-20-15-8-6-13(17)7-9-15/h3-10H,2,11H2,1H3,(H,18,19). The summed E-state index contributed by atoms with van der Waals surface area (Å²) in [6.45, 7) is 2.09. The summed E-state index contributed by atoms with van der Waals surface area (Å²) in [5.74, 6) is 0.385. The van der Waals surface area contributed by atoms with Gasteiger partial charge in [0, 0.05) is 15.6 Å². The van der Waals surface area contributed by atoms with Crippen LogP contribution >= 0.6 is 23.4 Å². The quantitative estimate of drug-likeness (QED) is 0.816. The number of thioether (sulfide) groups is 1. The molecular formula is C16H16ClNOS. The molecule has 4 heteroatoms. The van der Waals surface area contributed by atoms with Crippen LogP contribution in [0.5, 0.6) is 0 Å². The van der Waals surface area contributed by atoms with Gasteiger partial charge in [-0.1, -0.05) is 30.7 Å². The number of carbonyl (C=O) groups excluding carboxylic acids is 1. The number of halogens is 1. The van der Waals surface area contributed by atoms with Gasteiger partial charge in [-0.3, -0.25) is 4.79 Å². The number of aryl methyl sites for hydroxylation is 1. The lowest BCUT2D eigenvalue weighted by Gasteiger charge is -2.06. The summed E-state index contributed by atoms with van der Waals surface area (Å²) in [6, 6.07) is 15.4. The molecule has 1 amide bonds. The lowest BCUT2D eigenvalue weighted by molar-refractivity contribution is -0.113. The van der Waals surface area contributed by atoms with E-state index in [1.807, 2.05) is 42.5 Å². The van der Waals surface area contributed by atoms with Crippen molar-refractivity contribution in [2.75, 3.05) is 11.1 Å². The molecule has 0 aliphatic heterocycles. The number of hydrogen-bond acceptors (Lipinski definition) is 2. The van der Waals surface area contributed by atoms with E-state index in [2.05, 4.69) is 18.3 Å². The Balaban J connectivity index is 1.87. The maximum absolute atomic E-state index is 11.9. The molecule has 0 saturated carbocycles. The van der Waals surface area contributed by atoms with E-state index >= 15 is 0 Å². The van der Waals surface area contributed by atoms with Crippen molar-refractivity contribution in [2.24, 2.45) is 0 Å².